The van der Waals surface area contributed by atoms with E-state index in [-0.39, 0.29) is 24.0 Å². The summed E-state index contributed by atoms with van der Waals surface area (Å²) < 4.78 is 10.4. The first-order valence-electron chi connectivity index (χ1n) is 8.45. The molecule has 1 amide bonds. The molecule has 1 saturated heterocycles. The number of likely N-dealkylation sites (tertiary alicyclic amines) is 1. The number of fused-ring (bicyclic) bond motifs is 1. The third-order valence-electron chi connectivity index (χ3n) is 4.66. The molecule has 0 aliphatic carbocycles. The lowest BCUT2D eigenvalue weighted by atomic mass is 10.0. The summed E-state index contributed by atoms with van der Waals surface area (Å²) in [6, 6.07) is 5.78. The molecule has 2 aliphatic rings. The van der Waals surface area contributed by atoms with E-state index in [1.165, 1.54) is 7.11 Å². The number of esters is 1. The Kier molecular flexibility index (Phi) is 5.04. The van der Waals surface area contributed by atoms with Gasteiger partial charge in [-0.2, -0.15) is 0 Å². The van der Waals surface area contributed by atoms with Crippen LogP contribution < -0.4 is 10.1 Å². The van der Waals surface area contributed by atoms with Gasteiger partial charge < -0.3 is 14.8 Å². The molecular formula is C18H24N2O4. The molecule has 0 saturated carbocycles. The van der Waals surface area contributed by atoms with Gasteiger partial charge in [0.2, 0.25) is 0 Å². The lowest BCUT2D eigenvalue weighted by molar-refractivity contribution is -0.142. The molecule has 0 aromatic heterocycles. The first kappa shape index (κ1) is 16.8. The molecule has 24 heavy (non-hydrogen) atoms. The van der Waals surface area contributed by atoms with Gasteiger partial charge in [0.05, 0.1) is 13.7 Å². The molecule has 1 N–H and O–H groups in total. The molecule has 3 rings (SSSR count). The Morgan fingerprint density at radius 3 is 2.79 bits per heavy atom. The van der Waals surface area contributed by atoms with Crippen LogP contribution in [-0.2, 0) is 16.0 Å². The van der Waals surface area contributed by atoms with Gasteiger partial charge in [0.25, 0.3) is 5.91 Å². The van der Waals surface area contributed by atoms with E-state index < -0.39 is 0 Å². The number of carbonyl (C=O) groups excluding carboxylic acids is 2. The SMILES string of the molecule is COC(=O)CN1CCC(NC(=O)c2ccc3c(c2)C[C@H](C)O3)CC1. The van der Waals surface area contributed by atoms with Crippen molar-refractivity contribution >= 4 is 11.9 Å². The van der Waals surface area contributed by atoms with E-state index in [1.54, 1.807) is 0 Å². The largest absolute Gasteiger partial charge is 0.490 e. The van der Waals surface area contributed by atoms with Crippen molar-refractivity contribution in [2.45, 2.75) is 38.3 Å². The molecule has 1 fully saturated rings. The van der Waals surface area contributed by atoms with Gasteiger partial charge in [0, 0.05) is 31.1 Å². The predicted molar refractivity (Wildman–Crippen MR) is 89.2 cm³/mol. The Labute approximate surface area is 142 Å². The summed E-state index contributed by atoms with van der Waals surface area (Å²) >= 11 is 0. The molecule has 1 aromatic carbocycles. The molecular weight excluding hydrogens is 308 g/mol. The highest BCUT2D eigenvalue weighted by atomic mass is 16.5. The van der Waals surface area contributed by atoms with E-state index in [4.69, 9.17) is 4.74 Å². The summed E-state index contributed by atoms with van der Waals surface area (Å²) in [5, 5.41) is 3.10. The number of hydrogen-bond donors (Lipinski definition) is 1. The Hall–Kier alpha value is -2.08. The van der Waals surface area contributed by atoms with E-state index >= 15 is 0 Å². The van der Waals surface area contributed by atoms with E-state index in [2.05, 4.69) is 15.0 Å². The van der Waals surface area contributed by atoms with Crippen molar-refractivity contribution in [1.82, 2.24) is 10.2 Å². The highest BCUT2D eigenvalue weighted by molar-refractivity contribution is 5.94. The highest BCUT2D eigenvalue weighted by Crippen LogP contribution is 2.29. The number of rotatable bonds is 4. The molecule has 6 heteroatoms. The Morgan fingerprint density at radius 2 is 2.08 bits per heavy atom. The predicted octanol–water partition coefficient (Wildman–Crippen LogP) is 1.38. The number of amides is 1. The lowest BCUT2D eigenvalue weighted by Gasteiger charge is -2.31. The maximum absolute atomic E-state index is 12.5. The first-order valence-corrected chi connectivity index (χ1v) is 8.45. The van der Waals surface area contributed by atoms with Crippen molar-refractivity contribution < 1.29 is 19.1 Å². The van der Waals surface area contributed by atoms with E-state index in [1.807, 2.05) is 25.1 Å². The minimum absolute atomic E-state index is 0.0382. The van der Waals surface area contributed by atoms with Crippen LogP contribution in [0.25, 0.3) is 0 Å². The zero-order chi connectivity index (χ0) is 17.1. The van der Waals surface area contributed by atoms with Crippen LogP contribution in [-0.4, -0.2) is 55.7 Å². The maximum Gasteiger partial charge on any atom is 0.319 e. The van der Waals surface area contributed by atoms with E-state index in [0.29, 0.717) is 12.1 Å². The standard InChI is InChI=1S/C18H24N2O4/c1-12-9-14-10-13(3-4-16(14)24-12)18(22)19-15-5-7-20(8-6-15)11-17(21)23-2/h3-4,10,12,15H,5-9,11H2,1-2H3,(H,19,22)/t12-/m0/s1. The average Bonchev–Trinajstić information content (AvgIpc) is 2.95. The third kappa shape index (κ3) is 3.87. The summed E-state index contributed by atoms with van der Waals surface area (Å²) in [4.78, 5) is 25.8. The molecule has 1 atom stereocenters. The topological polar surface area (TPSA) is 67.9 Å². The number of benzene rings is 1. The number of piperidine rings is 1. The summed E-state index contributed by atoms with van der Waals surface area (Å²) in [5.74, 6) is 0.631. The number of methoxy groups -OCH3 is 1. The number of nitrogens with zero attached hydrogens (tertiary/aromatic N) is 1. The van der Waals surface area contributed by atoms with Gasteiger partial charge in [0.15, 0.2) is 0 Å². The van der Waals surface area contributed by atoms with Gasteiger partial charge in [-0.1, -0.05) is 0 Å². The monoisotopic (exact) mass is 332 g/mol. The number of nitrogens with one attached hydrogen (secondary N) is 1. The van der Waals surface area contributed by atoms with Crippen molar-refractivity contribution in [2.24, 2.45) is 0 Å². The van der Waals surface area contributed by atoms with Crippen molar-refractivity contribution in [3.8, 4) is 5.75 Å². The number of ether oxygens (including phenoxy) is 2. The highest BCUT2D eigenvalue weighted by Gasteiger charge is 2.24. The van der Waals surface area contributed by atoms with Crippen LogP contribution in [0.5, 0.6) is 5.75 Å². The Morgan fingerprint density at radius 1 is 1.33 bits per heavy atom. The minimum atomic E-state index is -0.216. The van der Waals surface area contributed by atoms with Crippen molar-refractivity contribution in [3.05, 3.63) is 29.3 Å². The fourth-order valence-electron chi connectivity index (χ4n) is 3.31. The van der Waals surface area contributed by atoms with Gasteiger partial charge in [-0.25, -0.2) is 0 Å². The van der Waals surface area contributed by atoms with E-state index in [9.17, 15) is 9.59 Å². The molecule has 2 heterocycles. The zero-order valence-corrected chi connectivity index (χ0v) is 14.2. The Balaban J connectivity index is 1.51. The first-order chi connectivity index (χ1) is 11.5. The minimum Gasteiger partial charge on any atom is -0.490 e. The van der Waals surface area contributed by atoms with Crippen molar-refractivity contribution in [3.63, 3.8) is 0 Å². The molecule has 0 unspecified atom stereocenters. The normalized spacial score (nSPS) is 21.0. The summed E-state index contributed by atoms with van der Waals surface area (Å²) in [5.41, 5.74) is 1.78. The quantitative estimate of drug-likeness (QED) is 0.844. The molecule has 130 valence electrons. The zero-order valence-electron chi connectivity index (χ0n) is 14.2. The van der Waals surface area contributed by atoms with Crippen LogP contribution in [0.4, 0.5) is 0 Å². The molecule has 0 bridgehead atoms. The molecule has 0 radical (unpaired) electrons. The molecule has 6 nitrogen and oxygen atoms in total. The summed E-state index contributed by atoms with van der Waals surface area (Å²) in [6.07, 6.45) is 2.71. The number of hydrogen-bond acceptors (Lipinski definition) is 5. The van der Waals surface area contributed by atoms with Crippen LogP contribution >= 0.6 is 0 Å². The summed E-state index contributed by atoms with van der Waals surface area (Å²) in [6.45, 7) is 3.92. The fraction of sp³-hybridized carbons (Fsp3) is 0.556. The van der Waals surface area contributed by atoms with Gasteiger partial charge in [-0.05, 0) is 43.5 Å². The van der Waals surface area contributed by atoms with Gasteiger partial charge in [0.1, 0.15) is 11.9 Å². The van der Waals surface area contributed by atoms with Crippen LogP contribution in [0.1, 0.15) is 35.7 Å². The molecule has 1 aromatic rings. The van der Waals surface area contributed by atoms with Gasteiger partial charge in [-0.3, -0.25) is 14.5 Å². The maximum atomic E-state index is 12.5. The van der Waals surface area contributed by atoms with Gasteiger partial charge in [-0.15, -0.1) is 0 Å². The lowest BCUT2D eigenvalue weighted by Crippen LogP contribution is -2.46. The van der Waals surface area contributed by atoms with Crippen molar-refractivity contribution in [1.29, 1.82) is 0 Å². The van der Waals surface area contributed by atoms with Crippen LogP contribution in [0.15, 0.2) is 18.2 Å². The second-order valence-corrected chi connectivity index (χ2v) is 6.56. The molecule has 0 spiro atoms. The van der Waals surface area contributed by atoms with Crippen molar-refractivity contribution in [2.75, 3.05) is 26.7 Å². The second kappa shape index (κ2) is 7.21. The van der Waals surface area contributed by atoms with E-state index in [0.717, 1.165) is 43.7 Å². The smallest absolute Gasteiger partial charge is 0.319 e. The fourth-order valence-corrected chi connectivity index (χ4v) is 3.31. The third-order valence-corrected chi connectivity index (χ3v) is 4.66. The molecule has 2 aliphatic heterocycles. The Bertz CT molecular complexity index is 623. The number of carbonyl (C=O) groups is 2. The second-order valence-electron chi connectivity index (χ2n) is 6.56. The summed E-state index contributed by atoms with van der Waals surface area (Å²) in [7, 11) is 1.40. The average molecular weight is 332 g/mol. The van der Waals surface area contributed by atoms with Gasteiger partial charge >= 0.3 is 5.97 Å². The van der Waals surface area contributed by atoms with Crippen LogP contribution in [0, 0.1) is 0 Å². The van der Waals surface area contributed by atoms with Crippen LogP contribution in [0.3, 0.4) is 0 Å². The van der Waals surface area contributed by atoms with Crippen LogP contribution in [0.2, 0.25) is 0 Å².